The third-order valence-corrected chi connectivity index (χ3v) is 3.46. The van der Waals surface area contributed by atoms with Crippen LogP contribution in [-0.2, 0) is 20.8 Å². The molecule has 1 fully saturated rings. The van der Waals surface area contributed by atoms with Gasteiger partial charge in [-0.05, 0) is 6.92 Å². The molecule has 1 aliphatic heterocycles. The van der Waals surface area contributed by atoms with Crippen LogP contribution in [0, 0.1) is 6.92 Å². The minimum Gasteiger partial charge on any atom is -0.464 e. The number of nitrogens with zero attached hydrogens (tertiary/aromatic N) is 3. The van der Waals surface area contributed by atoms with E-state index in [9.17, 15) is 9.59 Å². The maximum atomic E-state index is 11.1. The largest absolute Gasteiger partial charge is 0.464 e. The summed E-state index contributed by atoms with van der Waals surface area (Å²) in [6, 6.07) is 3.13. The Morgan fingerprint density at radius 1 is 1.04 bits per heavy atom. The van der Waals surface area contributed by atoms with Gasteiger partial charge in [0.25, 0.3) is 0 Å². The highest BCUT2D eigenvalue weighted by atomic mass is 16.5. The highest BCUT2D eigenvalue weighted by Gasteiger charge is 2.16. The molecule has 0 aromatic carbocycles. The van der Waals surface area contributed by atoms with Gasteiger partial charge in [0.1, 0.15) is 5.76 Å². The first-order valence-electron chi connectivity index (χ1n) is 7.89. The molecule has 1 saturated heterocycles. The van der Waals surface area contributed by atoms with E-state index < -0.39 is 11.9 Å². The number of carbonyl (C=O) groups is 2. The molecule has 142 valence electrons. The predicted molar refractivity (Wildman–Crippen MR) is 86.5 cm³/mol. The van der Waals surface area contributed by atoms with Crippen molar-refractivity contribution in [1.82, 2.24) is 15.2 Å². The van der Waals surface area contributed by atoms with Crippen molar-refractivity contribution in [2.24, 2.45) is 0 Å². The van der Waals surface area contributed by atoms with E-state index in [1.54, 1.807) is 13.0 Å². The molecule has 0 spiro atoms. The van der Waals surface area contributed by atoms with Gasteiger partial charge in [0.15, 0.2) is 17.1 Å². The molecular formula is C16H21N3O7. The van der Waals surface area contributed by atoms with Crippen LogP contribution in [0.3, 0.4) is 0 Å². The molecule has 0 amide bonds. The molecule has 3 rings (SSSR count). The summed E-state index contributed by atoms with van der Waals surface area (Å²) in [5.41, 5.74) is 0.422. The molecule has 3 heterocycles. The maximum absolute atomic E-state index is 11.1. The summed E-state index contributed by atoms with van der Waals surface area (Å²) in [5.74, 6) is 0.316. The Morgan fingerprint density at radius 2 is 1.62 bits per heavy atom. The van der Waals surface area contributed by atoms with Crippen LogP contribution < -0.4 is 0 Å². The topological polar surface area (TPSA) is 117 Å². The number of esters is 2. The third kappa shape index (κ3) is 5.67. The van der Waals surface area contributed by atoms with Crippen molar-refractivity contribution < 1.29 is 32.8 Å². The second-order valence-corrected chi connectivity index (χ2v) is 5.37. The van der Waals surface area contributed by atoms with Crippen LogP contribution in [-0.4, -0.2) is 67.7 Å². The molecule has 10 nitrogen and oxygen atoms in total. The van der Waals surface area contributed by atoms with E-state index in [4.69, 9.17) is 9.26 Å². The van der Waals surface area contributed by atoms with Crippen molar-refractivity contribution in [2.45, 2.75) is 13.5 Å². The van der Waals surface area contributed by atoms with Crippen LogP contribution in [0.1, 0.15) is 32.5 Å². The molecular weight excluding hydrogens is 346 g/mol. The number of hydrogen-bond acceptors (Lipinski definition) is 10. The van der Waals surface area contributed by atoms with E-state index in [0.29, 0.717) is 18.1 Å². The van der Waals surface area contributed by atoms with Gasteiger partial charge in [0.05, 0.1) is 34.0 Å². The van der Waals surface area contributed by atoms with Crippen LogP contribution in [0.25, 0.3) is 0 Å². The number of aromatic nitrogens is 2. The van der Waals surface area contributed by atoms with Crippen molar-refractivity contribution in [3.63, 3.8) is 0 Å². The fraction of sp³-hybridized carbons (Fsp3) is 0.500. The predicted octanol–water partition coefficient (Wildman–Crippen LogP) is 1.06. The smallest absolute Gasteiger partial charge is 0.360 e. The number of rotatable bonds is 4. The van der Waals surface area contributed by atoms with Crippen LogP contribution in [0.4, 0.5) is 0 Å². The highest BCUT2D eigenvalue weighted by Crippen LogP contribution is 2.09. The Morgan fingerprint density at radius 3 is 2.15 bits per heavy atom. The molecule has 0 radical (unpaired) electrons. The second kappa shape index (κ2) is 9.68. The Kier molecular flexibility index (Phi) is 7.30. The van der Waals surface area contributed by atoms with Gasteiger partial charge >= 0.3 is 11.9 Å². The lowest BCUT2D eigenvalue weighted by Crippen LogP contribution is -2.35. The van der Waals surface area contributed by atoms with Gasteiger partial charge in [-0.2, -0.15) is 0 Å². The van der Waals surface area contributed by atoms with Gasteiger partial charge in [-0.3, -0.25) is 4.90 Å². The Labute approximate surface area is 149 Å². The van der Waals surface area contributed by atoms with Crippen LogP contribution in [0.2, 0.25) is 0 Å². The van der Waals surface area contributed by atoms with E-state index in [0.717, 1.165) is 26.3 Å². The summed E-state index contributed by atoms with van der Waals surface area (Å²) in [7, 11) is 2.62. The Hall–Kier alpha value is -2.72. The Bertz CT molecular complexity index is 719. The van der Waals surface area contributed by atoms with Crippen LogP contribution >= 0.6 is 0 Å². The van der Waals surface area contributed by atoms with E-state index in [-0.39, 0.29) is 11.4 Å². The zero-order chi connectivity index (χ0) is 18.9. The van der Waals surface area contributed by atoms with Crippen molar-refractivity contribution in [3.8, 4) is 0 Å². The minimum absolute atomic E-state index is 0.208. The monoisotopic (exact) mass is 367 g/mol. The normalized spacial score (nSPS) is 14.3. The van der Waals surface area contributed by atoms with Crippen molar-refractivity contribution in [2.75, 3.05) is 40.5 Å². The van der Waals surface area contributed by atoms with Crippen LogP contribution in [0.15, 0.2) is 21.2 Å². The molecule has 2 aromatic rings. The quantitative estimate of drug-likeness (QED) is 0.726. The van der Waals surface area contributed by atoms with Gasteiger partial charge in [-0.25, -0.2) is 9.59 Å². The number of ether oxygens (including phenoxy) is 3. The van der Waals surface area contributed by atoms with Gasteiger partial charge in [-0.15, -0.1) is 0 Å². The molecule has 2 aromatic heterocycles. The first-order chi connectivity index (χ1) is 12.5. The number of aryl methyl sites for hydroxylation is 1. The first-order valence-corrected chi connectivity index (χ1v) is 7.89. The van der Waals surface area contributed by atoms with E-state index >= 15 is 0 Å². The van der Waals surface area contributed by atoms with Gasteiger partial charge in [0, 0.05) is 25.2 Å². The average molecular weight is 367 g/mol. The number of morpholine rings is 1. The first kappa shape index (κ1) is 19.6. The summed E-state index contributed by atoms with van der Waals surface area (Å²) in [6.45, 7) is 5.56. The highest BCUT2D eigenvalue weighted by molar-refractivity contribution is 5.87. The molecule has 0 aliphatic carbocycles. The van der Waals surface area contributed by atoms with Gasteiger partial charge < -0.3 is 23.3 Å². The fourth-order valence-electron chi connectivity index (χ4n) is 2.14. The summed E-state index contributed by atoms with van der Waals surface area (Å²) >= 11 is 0. The van der Waals surface area contributed by atoms with Crippen LogP contribution in [0.5, 0.6) is 0 Å². The number of carbonyl (C=O) groups excluding carboxylic acids is 2. The molecule has 1 aliphatic rings. The lowest BCUT2D eigenvalue weighted by molar-refractivity contribution is 0.0305. The van der Waals surface area contributed by atoms with Crippen molar-refractivity contribution >= 4 is 11.9 Å². The summed E-state index contributed by atoms with van der Waals surface area (Å²) in [5, 5.41) is 7.08. The van der Waals surface area contributed by atoms with Gasteiger partial charge in [-0.1, -0.05) is 10.3 Å². The summed E-state index contributed by atoms with van der Waals surface area (Å²) < 4.78 is 23.9. The zero-order valence-electron chi connectivity index (χ0n) is 14.9. The number of hydrogen-bond donors (Lipinski definition) is 0. The second-order valence-electron chi connectivity index (χ2n) is 5.37. The van der Waals surface area contributed by atoms with E-state index in [2.05, 4.69) is 29.2 Å². The average Bonchev–Trinajstić information content (AvgIpc) is 3.31. The maximum Gasteiger partial charge on any atom is 0.360 e. The van der Waals surface area contributed by atoms with E-state index in [1.807, 2.05) is 0 Å². The zero-order valence-corrected chi connectivity index (χ0v) is 14.9. The molecule has 0 saturated carbocycles. The summed E-state index contributed by atoms with van der Waals surface area (Å²) in [4.78, 5) is 24.0. The van der Waals surface area contributed by atoms with Crippen molar-refractivity contribution in [3.05, 3.63) is 35.0 Å². The number of methoxy groups -OCH3 is 2. The molecule has 0 unspecified atom stereocenters. The SMILES string of the molecule is COC(=O)c1cc(C)on1.COC(=O)c1cc(CN2CCOCC2)on1. The fourth-order valence-corrected chi connectivity index (χ4v) is 2.14. The molecule has 0 atom stereocenters. The summed E-state index contributed by atoms with van der Waals surface area (Å²) in [6.07, 6.45) is 0. The van der Waals surface area contributed by atoms with E-state index in [1.165, 1.54) is 20.3 Å². The Balaban J connectivity index is 0.000000209. The molecule has 10 heteroatoms. The van der Waals surface area contributed by atoms with Crippen molar-refractivity contribution in [1.29, 1.82) is 0 Å². The van der Waals surface area contributed by atoms with Gasteiger partial charge in [0.2, 0.25) is 0 Å². The minimum atomic E-state index is -0.475. The standard InChI is InChI=1S/C10H14N2O4.C6H7NO3/c1-14-10(13)9-6-8(16-11-9)7-12-2-4-15-5-3-12;1-4-3-5(7-10-4)6(8)9-2/h6H,2-5,7H2,1H3;3H,1-2H3. The molecule has 0 bridgehead atoms. The lowest BCUT2D eigenvalue weighted by Gasteiger charge is -2.25. The molecule has 26 heavy (non-hydrogen) atoms. The molecule has 0 N–H and O–H groups in total. The lowest BCUT2D eigenvalue weighted by atomic mass is 10.3. The third-order valence-electron chi connectivity index (χ3n) is 3.46.